The zero-order valence-electron chi connectivity index (χ0n) is 18.3. The number of hydrogen-bond acceptors (Lipinski definition) is 5. The Morgan fingerprint density at radius 1 is 0.912 bits per heavy atom. The standard InChI is InChI=1S/C26H20ClFN2O4/c1-15(2)16-5-13-21(14-6-16)34-26(33)17-3-9-19(10-4-17)29-23-22(27)24(31)30(25(23)32)20-11-7-18(28)8-12-20/h3-15,29H,1-2H3. The highest BCUT2D eigenvalue weighted by molar-refractivity contribution is 6.53. The molecule has 0 aliphatic carbocycles. The van der Waals surface area contributed by atoms with Crippen LogP contribution in [-0.4, -0.2) is 17.8 Å². The van der Waals surface area contributed by atoms with Gasteiger partial charge in [0.2, 0.25) is 0 Å². The first-order chi connectivity index (χ1) is 16.2. The first-order valence-electron chi connectivity index (χ1n) is 10.5. The van der Waals surface area contributed by atoms with Gasteiger partial charge in [0.25, 0.3) is 11.8 Å². The van der Waals surface area contributed by atoms with E-state index in [1.165, 1.54) is 24.3 Å². The molecule has 0 fully saturated rings. The zero-order chi connectivity index (χ0) is 24.4. The molecule has 0 bridgehead atoms. The Kier molecular flexibility index (Phi) is 6.47. The number of ether oxygens (including phenoxy) is 1. The average molecular weight is 479 g/mol. The van der Waals surface area contributed by atoms with Crippen molar-refractivity contribution in [3.8, 4) is 5.75 Å². The summed E-state index contributed by atoms with van der Waals surface area (Å²) in [7, 11) is 0. The maximum Gasteiger partial charge on any atom is 0.343 e. The van der Waals surface area contributed by atoms with Gasteiger partial charge in [0.05, 0.1) is 11.3 Å². The number of halogens is 2. The number of rotatable bonds is 6. The van der Waals surface area contributed by atoms with Gasteiger partial charge in [0, 0.05) is 5.69 Å². The summed E-state index contributed by atoms with van der Waals surface area (Å²) in [6.45, 7) is 4.16. The summed E-state index contributed by atoms with van der Waals surface area (Å²) in [6.07, 6.45) is 0. The Morgan fingerprint density at radius 2 is 1.53 bits per heavy atom. The van der Waals surface area contributed by atoms with Crippen molar-refractivity contribution in [2.24, 2.45) is 0 Å². The van der Waals surface area contributed by atoms with Crippen LogP contribution < -0.4 is 15.0 Å². The Hall–Kier alpha value is -3.97. The molecule has 1 heterocycles. The largest absolute Gasteiger partial charge is 0.423 e. The summed E-state index contributed by atoms with van der Waals surface area (Å²) >= 11 is 6.11. The molecule has 3 aromatic carbocycles. The number of benzene rings is 3. The molecule has 34 heavy (non-hydrogen) atoms. The third kappa shape index (κ3) is 4.70. The summed E-state index contributed by atoms with van der Waals surface area (Å²) in [5, 5.41) is 2.53. The van der Waals surface area contributed by atoms with Gasteiger partial charge >= 0.3 is 5.97 Å². The van der Waals surface area contributed by atoms with Crippen LogP contribution in [0.25, 0.3) is 0 Å². The van der Waals surface area contributed by atoms with Gasteiger partial charge in [-0.3, -0.25) is 9.59 Å². The molecule has 0 atom stereocenters. The van der Waals surface area contributed by atoms with Gasteiger partial charge in [0.1, 0.15) is 22.3 Å². The molecule has 4 rings (SSSR count). The van der Waals surface area contributed by atoms with Crippen LogP contribution in [0.4, 0.5) is 15.8 Å². The first-order valence-corrected chi connectivity index (χ1v) is 10.9. The number of nitrogens with one attached hydrogen (secondary N) is 1. The van der Waals surface area contributed by atoms with Crippen LogP contribution in [0.5, 0.6) is 5.75 Å². The van der Waals surface area contributed by atoms with Crippen molar-refractivity contribution in [3.05, 3.63) is 100 Å². The first kappa shape index (κ1) is 23.2. The monoisotopic (exact) mass is 478 g/mol. The topological polar surface area (TPSA) is 75.7 Å². The van der Waals surface area contributed by atoms with Crippen LogP contribution in [0.3, 0.4) is 0 Å². The minimum Gasteiger partial charge on any atom is -0.423 e. The Bertz CT molecular complexity index is 1280. The maximum absolute atomic E-state index is 13.2. The molecule has 0 saturated heterocycles. The second kappa shape index (κ2) is 9.49. The van der Waals surface area contributed by atoms with E-state index < -0.39 is 23.6 Å². The summed E-state index contributed by atoms with van der Waals surface area (Å²) in [5.74, 6) is -1.61. The SMILES string of the molecule is CC(C)c1ccc(OC(=O)c2ccc(NC3=C(Cl)C(=O)N(c4ccc(F)cc4)C3=O)cc2)cc1. The molecule has 0 radical (unpaired) electrons. The van der Waals surface area contributed by atoms with E-state index in [0.29, 0.717) is 22.9 Å². The van der Waals surface area contributed by atoms with Crippen LogP contribution in [-0.2, 0) is 9.59 Å². The summed E-state index contributed by atoms with van der Waals surface area (Å²) in [4.78, 5) is 38.6. The third-order valence-electron chi connectivity index (χ3n) is 5.26. The molecule has 1 N–H and O–H groups in total. The highest BCUT2D eigenvalue weighted by Crippen LogP contribution is 2.30. The van der Waals surface area contributed by atoms with Crippen LogP contribution in [0.1, 0.15) is 35.7 Å². The van der Waals surface area contributed by atoms with Gasteiger partial charge in [-0.2, -0.15) is 0 Å². The molecule has 0 saturated carbocycles. The van der Waals surface area contributed by atoms with E-state index in [0.717, 1.165) is 22.6 Å². The molecule has 2 amide bonds. The normalized spacial score (nSPS) is 13.6. The maximum atomic E-state index is 13.2. The van der Waals surface area contributed by atoms with Crippen molar-refractivity contribution in [2.45, 2.75) is 19.8 Å². The molecule has 6 nitrogen and oxygen atoms in total. The summed E-state index contributed by atoms with van der Waals surface area (Å²) in [6, 6.07) is 18.4. The molecule has 172 valence electrons. The van der Waals surface area contributed by atoms with Crippen LogP contribution >= 0.6 is 11.6 Å². The number of amides is 2. The average Bonchev–Trinajstić information content (AvgIpc) is 3.03. The Labute approximate surface area is 200 Å². The summed E-state index contributed by atoms with van der Waals surface area (Å²) < 4.78 is 18.6. The highest BCUT2D eigenvalue weighted by Gasteiger charge is 2.38. The quantitative estimate of drug-likeness (QED) is 0.283. The minimum absolute atomic E-state index is 0.114. The van der Waals surface area contributed by atoms with E-state index in [9.17, 15) is 18.8 Å². The van der Waals surface area contributed by atoms with E-state index in [-0.39, 0.29) is 16.4 Å². The number of hydrogen-bond donors (Lipinski definition) is 1. The lowest BCUT2D eigenvalue weighted by Crippen LogP contribution is -2.32. The number of imide groups is 1. The fraction of sp³-hybridized carbons (Fsp3) is 0.115. The van der Waals surface area contributed by atoms with E-state index in [2.05, 4.69) is 19.2 Å². The number of carbonyl (C=O) groups is 3. The van der Waals surface area contributed by atoms with Gasteiger partial charge in [-0.05, 0) is 72.1 Å². The van der Waals surface area contributed by atoms with Crippen molar-refractivity contribution in [1.29, 1.82) is 0 Å². The fourth-order valence-electron chi connectivity index (χ4n) is 3.36. The van der Waals surface area contributed by atoms with Gasteiger partial charge < -0.3 is 10.1 Å². The number of nitrogens with zero attached hydrogens (tertiary/aromatic N) is 1. The number of carbonyl (C=O) groups excluding carboxylic acids is 3. The predicted octanol–water partition coefficient (Wildman–Crippen LogP) is 5.60. The van der Waals surface area contributed by atoms with Crippen LogP contribution in [0.15, 0.2) is 83.5 Å². The predicted molar refractivity (Wildman–Crippen MR) is 127 cm³/mol. The minimum atomic E-state index is -0.718. The lowest BCUT2D eigenvalue weighted by Gasteiger charge is -2.15. The van der Waals surface area contributed by atoms with Crippen molar-refractivity contribution in [2.75, 3.05) is 10.2 Å². The van der Waals surface area contributed by atoms with Crippen LogP contribution in [0.2, 0.25) is 0 Å². The van der Waals surface area contributed by atoms with Gasteiger partial charge in [-0.1, -0.05) is 37.6 Å². The number of esters is 1. The van der Waals surface area contributed by atoms with Crippen molar-refractivity contribution >= 4 is 40.8 Å². The van der Waals surface area contributed by atoms with Gasteiger partial charge in [-0.15, -0.1) is 0 Å². The van der Waals surface area contributed by atoms with Crippen molar-refractivity contribution in [3.63, 3.8) is 0 Å². The molecule has 3 aromatic rings. The molecular formula is C26H20ClFN2O4. The third-order valence-corrected chi connectivity index (χ3v) is 5.61. The van der Waals surface area contributed by atoms with E-state index in [1.54, 1.807) is 24.3 Å². The van der Waals surface area contributed by atoms with E-state index in [1.807, 2.05) is 12.1 Å². The second-order valence-corrected chi connectivity index (χ2v) is 8.30. The fourth-order valence-corrected chi connectivity index (χ4v) is 3.57. The van der Waals surface area contributed by atoms with Gasteiger partial charge in [-0.25, -0.2) is 14.1 Å². The van der Waals surface area contributed by atoms with Crippen molar-refractivity contribution in [1.82, 2.24) is 0 Å². The molecule has 0 aromatic heterocycles. The van der Waals surface area contributed by atoms with Gasteiger partial charge in [0.15, 0.2) is 0 Å². The Morgan fingerprint density at radius 3 is 2.12 bits per heavy atom. The van der Waals surface area contributed by atoms with E-state index in [4.69, 9.17) is 16.3 Å². The zero-order valence-corrected chi connectivity index (χ0v) is 19.1. The summed E-state index contributed by atoms with van der Waals surface area (Å²) in [5.41, 5.74) is 1.97. The lowest BCUT2D eigenvalue weighted by atomic mass is 10.0. The highest BCUT2D eigenvalue weighted by atomic mass is 35.5. The van der Waals surface area contributed by atoms with Crippen molar-refractivity contribution < 1.29 is 23.5 Å². The molecule has 0 unspecified atom stereocenters. The molecule has 1 aliphatic heterocycles. The van der Waals surface area contributed by atoms with Crippen LogP contribution in [0, 0.1) is 5.82 Å². The lowest BCUT2D eigenvalue weighted by molar-refractivity contribution is -0.120. The smallest absolute Gasteiger partial charge is 0.343 e. The molecule has 0 spiro atoms. The molecular weight excluding hydrogens is 459 g/mol. The molecule has 8 heteroatoms. The molecule has 1 aliphatic rings. The van der Waals surface area contributed by atoms with E-state index >= 15 is 0 Å². The Balaban J connectivity index is 1.44. The second-order valence-electron chi connectivity index (χ2n) is 7.93. The number of anilines is 2.